The lowest BCUT2D eigenvalue weighted by Crippen LogP contribution is -2.30. The number of nitrogens with zero attached hydrogens (tertiary/aromatic N) is 6. The Morgan fingerprint density at radius 1 is 1.33 bits per heavy atom. The molecule has 2 aromatic rings. The molecule has 1 aromatic carbocycles. The SMILES string of the molecule is O=[N+]([O-])c1cc(F)c(N2CCCC2n2ncnn2)c(F)c1. The van der Waals surface area contributed by atoms with Crippen molar-refractivity contribution in [1.29, 1.82) is 0 Å². The zero-order valence-corrected chi connectivity index (χ0v) is 10.7. The highest BCUT2D eigenvalue weighted by Crippen LogP contribution is 2.36. The topological polar surface area (TPSA) is 90.0 Å². The van der Waals surface area contributed by atoms with Gasteiger partial charge < -0.3 is 4.90 Å². The van der Waals surface area contributed by atoms with Gasteiger partial charge in [-0.1, -0.05) is 0 Å². The third kappa shape index (κ3) is 2.28. The minimum Gasteiger partial charge on any atom is -0.343 e. The maximum Gasteiger partial charge on any atom is 0.275 e. The van der Waals surface area contributed by atoms with Crippen molar-refractivity contribution in [2.45, 2.75) is 19.0 Å². The van der Waals surface area contributed by atoms with Crippen molar-refractivity contribution in [1.82, 2.24) is 20.2 Å². The Morgan fingerprint density at radius 3 is 2.62 bits per heavy atom. The van der Waals surface area contributed by atoms with Crippen LogP contribution in [0.5, 0.6) is 0 Å². The Kier molecular flexibility index (Phi) is 3.20. The van der Waals surface area contributed by atoms with Crippen LogP contribution >= 0.6 is 0 Å². The monoisotopic (exact) mass is 296 g/mol. The van der Waals surface area contributed by atoms with Crippen LogP contribution in [0.15, 0.2) is 18.5 Å². The molecule has 0 N–H and O–H groups in total. The number of nitro groups is 1. The van der Waals surface area contributed by atoms with Crippen molar-refractivity contribution in [2.75, 3.05) is 11.4 Å². The molecule has 2 heterocycles. The van der Waals surface area contributed by atoms with Crippen molar-refractivity contribution in [3.8, 4) is 0 Å². The highest BCUT2D eigenvalue weighted by atomic mass is 19.1. The van der Waals surface area contributed by atoms with E-state index in [9.17, 15) is 18.9 Å². The summed E-state index contributed by atoms with van der Waals surface area (Å²) in [6, 6.07) is 1.42. The van der Waals surface area contributed by atoms with E-state index in [2.05, 4.69) is 15.4 Å². The highest BCUT2D eigenvalue weighted by Gasteiger charge is 2.32. The summed E-state index contributed by atoms with van der Waals surface area (Å²) >= 11 is 0. The second-order valence-corrected chi connectivity index (χ2v) is 4.59. The molecule has 0 bridgehead atoms. The van der Waals surface area contributed by atoms with Gasteiger partial charge in [0, 0.05) is 6.54 Å². The van der Waals surface area contributed by atoms with Gasteiger partial charge in [-0.2, -0.15) is 0 Å². The predicted molar refractivity (Wildman–Crippen MR) is 66.4 cm³/mol. The van der Waals surface area contributed by atoms with Crippen LogP contribution in [0.4, 0.5) is 20.2 Å². The van der Waals surface area contributed by atoms with Gasteiger partial charge in [-0.25, -0.2) is 8.78 Å². The van der Waals surface area contributed by atoms with E-state index in [1.165, 1.54) is 16.0 Å². The van der Waals surface area contributed by atoms with Gasteiger partial charge in [0.2, 0.25) is 0 Å². The minimum absolute atomic E-state index is 0.305. The normalized spacial score (nSPS) is 18.2. The number of hydrogen-bond donors (Lipinski definition) is 0. The van der Waals surface area contributed by atoms with Crippen LogP contribution < -0.4 is 4.90 Å². The molecule has 1 fully saturated rings. The molecule has 10 heteroatoms. The van der Waals surface area contributed by atoms with Crippen molar-refractivity contribution in [3.63, 3.8) is 0 Å². The molecule has 0 aliphatic carbocycles. The smallest absolute Gasteiger partial charge is 0.275 e. The lowest BCUT2D eigenvalue weighted by Gasteiger charge is -2.26. The number of nitro benzene ring substituents is 1. The fourth-order valence-corrected chi connectivity index (χ4v) is 2.49. The molecule has 1 aliphatic rings. The first kappa shape index (κ1) is 13.3. The maximum absolute atomic E-state index is 14.1. The van der Waals surface area contributed by atoms with Crippen LogP contribution in [-0.2, 0) is 0 Å². The van der Waals surface area contributed by atoms with Crippen molar-refractivity contribution >= 4 is 11.4 Å². The number of halogens is 2. The number of anilines is 1. The van der Waals surface area contributed by atoms with Gasteiger partial charge in [-0.15, -0.1) is 15.0 Å². The van der Waals surface area contributed by atoms with Gasteiger partial charge in [-0.05, 0) is 18.1 Å². The third-order valence-electron chi connectivity index (χ3n) is 3.35. The number of hydrogen-bond acceptors (Lipinski definition) is 6. The van der Waals surface area contributed by atoms with E-state index in [0.717, 1.165) is 0 Å². The standard InChI is InChI=1S/C11H10F2N6O2/c12-8-4-7(19(20)21)5-9(13)11(8)17-3-1-2-10(17)18-15-6-14-16-18/h4-6,10H,1-3H2. The Balaban J connectivity index is 2.02. The predicted octanol–water partition coefficient (Wildman–Crippen LogP) is 1.66. The molecular formula is C11H10F2N6O2. The molecule has 1 atom stereocenters. The Hall–Kier alpha value is -2.65. The molecule has 1 aromatic heterocycles. The number of rotatable bonds is 3. The van der Waals surface area contributed by atoms with Crippen molar-refractivity contribution < 1.29 is 13.7 Å². The van der Waals surface area contributed by atoms with Crippen molar-refractivity contribution in [3.05, 3.63) is 40.2 Å². The molecule has 0 saturated carbocycles. The second-order valence-electron chi connectivity index (χ2n) is 4.59. The molecule has 110 valence electrons. The summed E-state index contributed by atoms with van der Waals surface area (Å²) in [7, 11) is 0. The second kappa shape index (κ2) is 5.04. The molecule has 21 heavy (non-hydrogen) atoms. The number of tetrazole rings is 1. The Bertz CT molecular complexity index is 654. The summed E-state index contributed by atoms with van der Waals surface area (Å²) in [5.74, 6) is -1.96. The van der Waals surface area contributed by atoms with E-state index in [1.807, 2.05) is 0 Å². The summed E-state index contributed by atoms with van der Waals surface area (Å²) in [5, 5.41) is 21.8. The summed E-state index contributed by atoms with van der Waals surface area (Å²) in [4.78, 5) is 12.5. The van der Waals surface area contributed by atoms with Crippen LogP contribution in [-0.4, -0.2) is 31.7 Å². The first-order valence-electron chi connectivity index (χ1n) is 6.20. The highest BCUT2D eigenvalue weighted by molar-refractivity contribution is 5.54. The average Bonchev–Trinajstić information content (AvgIpc) is 3.07. The molecular weight excluding hydrogens is 286 g/mol. The maximum atomic E-state index is 14.1. The quantitative estimate of drug-likeness (QED) is 0.632. The van der Waals surface area contributed by atoms with Crippen LogP contribution in [0.2, 0.25) is 0 Å². The van der Waals surface area contributed by atoms with Gasteiger partial charge in [0.05, 0.1) is 17.1 Å². The fraction of sp³-hybridized carbons (Fsp3) is 0.364. The van der Waals surface area contributed by atoms with Gasteiger partial charge in [0.1, 0.15) is 11.9 Å². The Morgan fingerprint density at radius 2 is 2.05 bits per heavy atom. The minimum atomic E-state index is -0.978. The zero-order valence-electron chi connectivity index (χ0n) is 10.7. The van der Waals surface area contributed by atoms with E-state index >= 15 is 0 Å². The summed E-state index contributed by atoms with van der Waals surface area (Å²) in [5.41, 5.74) is -0.927. The van der Waals surface area contributed by atoms with E-state index < -0.39 is 28.4 Å². The summed E-state index contributed by atoms with van der Waals surface area (Å²) in [6.45, 7) is 0.401. The molecule has 0 amide bonds. The Labute approximate surface area is 117 Å². The molecule has 8 nitrogen and oxygen atoms in total. The van der Waals surface area contributed by atoms with Crippen LogP contribution in [0, 0.1) is 21.7 Å². The number of aromatic nitrogens is 4. The van der Waals surface area contributed by atoms with E-state index in [4.69, 9.17) is 0 Å². The summed E-state index contributed by atoms with van der Waals surface area (Å²) < 4.78 is 28.2. The van der Waals surface area contributed by atoms with E-state index in [0.29, 0.717) is 31.5 Å². The van der Waals surface area contributed by atoms with Crippen molar-refractivity contribution in [2.24, 2.45) is 0 Å². The van der Waals surface area contributed by atoms with Gasteiger partial charge in [0.25, 0.3) is 5.69 Å². The van der Waals surface area contributed by atoms with Crippen LogP contribution in [0.25, 0.3) is 0 Å². The van der Waals surface area contributed by atoms with E-state index in [-0.39, 0.29) is 5.69 Å². The molecule has 0 radical (unpaired) electrons. The van der Waals surface area contributed by atoms with Crippen LogP contribution in [0.1, 0.15) is 19.0 Å². The molecule has 1 saturated heterocycles. The molecule has 3 rings (SSSR count). The average molecular weight is 296 g/mol. The lowest BCUT2D eigenvalue weighted by molar-refractivity contribution is -0.385. The van der Waals surface area contributed by atoms with Gasteiger partial charge >= 0.3 is 0 Å². The fourth-order valence-electron chi connectivity index (χ4n) is 2.49. The molecule has 1 unspecified atom stereocenters. The third-order valence-corrected chi connectivity index (χ3v) is 3.35. The molecule has 0 spiro atoms. The van der Waals surface area contributed by atoms with Gasteiger partial charge in [0.15, 0.2) is 18.0 Å². The van der Waals surface area contributed by atoms with E-state index in [1.54, 1.807) is 0 Å². The lowest BCUT2D eigenvalue weighted by atomic mass is 10.2. The number of benzene rings is 1. The first-order chi connectivity index (χ1) is 10.1. The summed E-state index contributed by atoms with van der Waals surface area (Å²) in [6.07, 6.45) is 2.07. The molecule has 1 aliphatic heterocycles. The first-order valence-corrected chi connectivity index (χ1v) is 6.20. The largest absolute Gasteiger partial charge is 0.343 e. The number of non-ortho nitro benzene ring substituents is 1. The van der Waals surface area contributed by atoms with Gasteiger partial charge in [-0.3, -0.25) is 10.1 Å². The van der Waals surface area contributed by atoms with Crippen LogP contribution in [0.3, 0.4) is 0 Å². The zero-order chi connectivity index (χ0) is 15.0.